The molecule has 1 aliphatic carbocycles. The Balaban J connectivity index is 1.86. The van der Waals surface area contributed by atoms with Crippen molar-refractivity contribution in [3.63, 3.8) is 0 Å². The van der Waals surface area contributed by atoms with E-state index in [0.717, 1.165) is 6.42 Å². The van der Waals surface area contributed by atoms with Gasteiger partial charge in [0.2, 0.25) is 0 Å². The van der Waals surface area contributed by atoms with Gasteiger partial charge < -0.3 is 14.8 Å². The largest absolute Gasteiger partial charge is 0.481 e. The molecule has 194 valence electrons. The molecule has 0 saturated heterocycles. The highest BCUT2D eigenvalue weighted by Gasteiger charge is 2.22. The van der Waals surface area contributed by atoms with E-state index in [1.165, 1.54) is 6.07 Å². The second-order valence-electron chi connectivity index (χ2n) is 10.0. The summed E-state index contributed by atoms with van der Waals surface area (Å²) in [6.07, 6.45) is 15.5. The minimum atomic E-state index is -0.864. The molecule has 0 aliphatic heterocycles. The van der Waals surface area contributed by atoms with Crippen LogP contribution in [0.5, 0.6) is 6.01 Å². The topological polar surface area (TPSA) is 75.2 Å². The van der Waals surface area contributed by atoms with Crippen molar-refractivity contribution in [1.29, 1.82) is 0 Å². The van der Waals surface area contributed by atoms with Crippen molar-refractivity contribution >= 4 is 22.6 Å². The number of ether oxygens (including phenoxy) is 1. The van der Waals surface area contributed by atoms with Gasteiger partial charge in [-0.15, -0.1) is 0 Å². The van der Waals surface area contributed by atoms with Crippen LogP contribution in [0.3, 0.4) is 0 Å². The number of aromatic amines is 1. The Bertz CT molecular complexity index is 1190. The SMILES string of the molecule is CC(C)/C=C(\C=C/C(C)C1C=CC=CC1)c1c(F)cc2[nH]c(OC(C)CCC(C)C(=O)O)nc2c1F. The van der Waals surface area contributed by atoms with Crippen LogP contribution in [-0.4, -0.2) is 27.1 Å². The van der Waals surface area contributed by atoms with Gasteiger partial charge in [0.1, 0.15) is 11.3 Å². The van der Waals surface area contributed by atoms with E-state index in [9.17, 15) is 4.79 Å². The highest BCUT2D eigenvalue weighted by molar-refractivity contribution is 5.85. The smallest absolute Gasteiger partial charge is 0.306 e. The minimum Gasteiger partial charge on any atom is -0.481 e. The number of H-pyrrole nitrogens is 1. The Hall–Kier alpha value is -3.22. The predicted molar refractivity (Wildman–Crippen MR) is 140 cm³/mol. The van der Waals surface area contributed by atoms with Crippen LogP contribution < -0.4 is 4.74 Å². The van der Waals surface area contributed by atoms with E-state index < -0.39 is 23.5 Å². The van der Waals surface area contributed by atoms with E-state index in [0.29, 0.717) is 24.3 Å². The van der Waals surface area contributed by atoms with E-state index in [1.807, 2.05) is 38.2 Å². The number of allylic oxidation sites excluding steroid dienone is 8. The zero-order chi connectivity index (χ0) is 26.4. The first kappa shape index (κ1) is 27.4. The second kappa shape index (κ2) is 12.2. The highest BCUT2D eigenvalue weighted by atomic mass is 19.1. The van der Waals surface area contributed by atoms with Gasteiger partial charge in [-0.25, -0.2) is 8.78 Å². The zero-order valence-corrected chi connectivity index (χ0v) is 21.6. The normalized spacial score (nSPS) is 18.8. The number of aromatic nitrogens is 2. The number of nitrogens with one attached hydrogen (secondary N) is 1. The maximum Gasteiger partial charge on any atom is 0.306 e. The number of imidazole rings is 1. The first-order valence-corrected chi connectivity index (χ1v) is 12.6. The summed E-state index contributed by atoms with van der Waals surface area (Å²) in [4.78, 5) is 18.1. The first-order valence-electron chi connectivity index (χ1n) is 12.6. The molecule has 1 heterocycles. The van der Waals surface area contributed by atoms with Crippen molar-refractivity contribution in [3.05, 3.63) is 65.8 Å². The molecule has 2 aromatic rings. The Kier molecular flexibility index (Phi) is 9.24. The molecule has 1 aromatic carbocycles. The summed E-state index contributed by atoms with van der Waals surface area (Å²) in [5.74, 6) is -2.15. The summed E-state index contributed by atoms with van der Waals surface area (Å²) in [6.45, 7) is 9.46. The molecule has 1 aromatic heterocycles. The van der Waals surface area contributed by atoms with Gasteiger partial charge in [-0.2, -0.15) is 4.98 Å². The summed E-state index contributed by atoms with van der Waals surface area (Å²) in [5.41, 5.74) is 0.574. The lowest BCUT2D eigenvalue weighted by Gasteiger charge is -2.18. The third-order valence-electron chi connectivity index (χ3n) is 6.46. The van der Waals surface area contributed by atoms with Crippen LogP contribution in [0.2, 0.25) is 0 Å². The number of carboxylic acid groups (broad SMARTS) is 1. The molecule has 5 nitrogen and oxygen atoms in total. The molecule has 1 aliphatic rings. The summed E-state index contributed by atoms with van der Waals surface area (Å²) in [6, 6.07) is 1.32. The summed E-state index contributed by atoms with van der Waals surface area (Å²) >= 11 is 0. The van der Waals surface area contributed by atoms with Gasteiger partial charge in [0.05, 0.1) is 23.1 Å². The Morgan fingerprint density at radius 2 is 1.97 bits per heavy atom. The molecule has 0 bridgehead atoms. The Morgan fingerprint density at radius 1 is 1.22 bits per heavy atom. The molecule has 4 atom stereocenters. The van der Waals surface area contributed by atoms with Crippen molar-refractivity contribution in [1.82, 2.24) is 9.97 Å². The van der Waals surface area contributed by atoms with Crippen molar-refractivity contribution in [3.8, 4) is 6.01 Å². The molecule has 0 fully saturated rings. The summed E-state index contributed by atoms with van der Waals surface area (Å²) < 4.78 is 36.6. The molecule has 0 radical (unpaired) electrons. The van der Waals surface area contributed by atoms with E-state index in [-0.39, 0.29) is 40.5 Å². The van der Waals surface area contributed by atoms with Crippen molar-refractivity contribution < 1.29 is 23.4 Å². The molecule has 0 spiro atoms. The van der Waals surface area contributed by atoms with Crippen LogP contribution in [0.15, 0.2) is 48.6 Å². The van der Waals surface area contributed by atoms with Gasteiger partial charge in [-0.3, -0.25) is 4.79 Å². The van der Waals surface area contributed by atoms with E-state index in [4.69, 9.17) is 9.84 Å². The molecule has 3 rings (SSSR count). The predicted octanol–water partition coefficient (Wildman–Crippen LogP) is 7.47. The fraction of sp³-hybridized carbons (Fsp3) is 0.448. The van der Waals surface area contributed by atoms with Gasteiger partial charge in [-0.05, 0) is 49.5 Å². The van der Waals surface area contributed by atoms with Crippen LogP contribution in [0.4, 0.5) is 8.78 Å². The summed E-state index contributed by atoms with van der Waals surface area (Å²) in [7, 11) is 0. The number of benzene rings is 1. The third kappa shape index (κ3) is 6.93. The number of fused-ring (bicyclic) bond motifs is 1. The zero-order valence-electron chi connectivity index (χ0n) is 21.6. The van der Waals surface area contributed by atoms with Crippen LogP contribution >= 0.6 is 0 Å². The number of nitrogens with zero attached hydrogens (tertiary/aromatic N) is 1. The van der Waals surface area contributed by atoms with Gasteiger partial charge in [0.15, 0.2) is 5.82 Å². The van der Waals surface area contributed by atoms with Crippen molar-refractivity contribution in [2.75, 3.05) is 0 Å². The summed E-state index contributed by atoms with van der Waals surface area (Å²) in [5, 5.41) is 9.05. The molecule has 7 heteroatoms. The van der Waals surface area contributed by atoms with Crippen LogP contribution in [0, 0.1) is 35.3 Å². The molecular formula is C29H36F2N2O3. The quantitative estimate of drug-likeness (QED) is 0.315. The van der Waals surface area contributed by atoms with Crippen LogP contribution in [-0.2, 0) is 4.79 Å². The lowest BCUT2D eigenvalue weighted by atomic mass is 9.87. The molecule has 0 amide bonds. The van der Waals surface area contributed by atoms with Gasteiger partial charge in [0.25, 0.3) is 6.01 Å². The van der Waals surface area contributed by atoms with Crippen molar-refractivity contribution in [2.45, 2.75) is 60.0 Å². The average Bonchev–Trinajstić information content (AvgIpc) is 3.23. The maximum absolute atomic E-state index is 15.7. The number of aliphatic carboxylic acids is 1. The van der Waals surface area contributed by atoms with E-state index in [1.54, 1.807) is 19.9 Å². The fourth-order valence-corrected chi connectivity index (χ4v) is 4.21. The number of carbonyl (C=O) groups is 1. The maximum atomic E-state index is 15.7. The van der Waals surface area contributed by atoms with E-state index >= 15 is 8.78 Å². The van der Waals surface area contributed by atoms with Gasteiger partial charge in [0, 0.05) is 6.07 Å². The molecular weight excluding hydrogens is 462 g/mol. The number of carboxylic acids is 1. The standard InChI is InChI=1S/C29H36F2N2O3/c1-17(2)15-22(14-12-18(3)21-9-7-6-8-10-21)25-23(30)16-24-27(26(25)31)33-29(32-24)36-20(5)13-11-19(4)28(34)35/h6-9,12,14-21H,10-11,13H2,1-5H3,(H,32,33)(H,34,35)/b14-12-,22-15+. The van der Waals surface area contributed by atoms with Crippen molar-refractivity contribution in [2.24, 2.45) is 23.7 Å². The third-order valence-corrected chi connectivity index (χ3v) is 6.46. The number of hydrogen-bond donors (Lipinski definition) is 2. The minimum absolute atomic E-state index is 0.00367. The van der Waals surface area contributed by atoms with Gasteiger partial charge >= 0.3 is 5.97 Å². The van der Waals surface area contributed by atoms with Crippen LogP contribution in [0.1, 0.15) is 59.4 Å². The lowest BCUT2D eigenvalue weighted by molar-refractivity contribution is -0.141. The number of rotatable bonds is 11. The lowest BCUT2D eigenvalue weighted by Crippen LogP contribution is -2.17. The number of halogens is 2. The number of hydrogen-bond acceptors (Lipinski definition) is 3. The molecule has 2 N–H and O–H groups in total. The monoisotopic (exact) mass is 498 g/mol. The second-order valence-corrected chi connectivity index (χ2v) is 10.0. The molecule has 4 unspecified atom stereocenters. The average molecular weight is 499 g/mol. The first-order chi connectivity index (χ1) is 17.1. The molecule has 36 heavy (non-hydrogen) atoms. The highest BCUT2D eigenvalue weighted by Crippen LogP contribution is 2.32. The Morgan fingerprint density at radius 3 is 2.61 bits per heavy atom. The fourth-order valence-electron chi connectivity index (χ4n) is 4.21. The van der Waals surface area contributed by atoms with E-state index in [2.05, 4.69) is 29.0 Å². The van der Waals surface area contributed by atoms with Gasteiger partial charge in [-0.1, -0.05) is 70.2 Å². The molecule has 0 saturated carbocycles. The Labute approximate surface area is 211 Å². The van der Waals surface area contributed by atoms with Crippen LogP contribution in [0.25, 0.3) is 16.6 Å².